The van der Waals surface area contributed by atoms with Gasteiger partial charge in [0.25, 0.3) is 5.91 Å². The first-order chi connectivity index (χ1) is 18.0. The molecule has 0 spiro atoms. The van der Waals surface area contributed by atoms with Gasteiger partial charge >= 0.3 is 0 Å². The number of primary amides is 1. The summed E-state index contributed by atoms with van der Waals surface area (Å²) >= 11 is 0. The minimum absolute atomic E-state index is 0.0487. The van der Waals surface area contributed by atoms with Crippen LogP contribution in [0, 0.1) is 6.92 Å². The van der Waals surface area contributed by atoms with Crippen molar-refractivity contribution in [1.82, 2.24) is 14.5 Å². The largest absolute Gasteiger partial charge is 0.380 e. The van der Waals surface area contributed by atoms with Gasteiger partial charge < -0.3 is 21.4 Å². The summed E-state index contributed by atoms with van der Waals surface area (Å²) in [6.07, 6.45) is 10.0. The molecule has 0 aliphatic heterocycles. The van der Waals surface area contributed by atoms with Crippen LogP contribution in [0.4, 0.5) is 5.69 Å². The van der Waals surface area contributed by atoms with Gasteiger partial charge in [-0.3, -0.25) is 9.78 Å². The Kier molecular flexibility index (Phi) is 5.85. The van der Waals surface area contributed by atoms with Crippen LogP contribution in [0.15, 0.2) is 73.2 Å². The second kappa shape index (κ2) is 9.33. The van der Waals surface area contributed by atoms with Crippen LogP contribution >= 0.6 is 0 Å². The third-order valence-corrected chi connectivity index (χ3v) is 7.48. The van der Waals surface area contributed by atoms with E-state index in [9.17, 15) is 4.79 Å². The van der Waals surface area contributed by atoms with Crippen LogP contribution in [0.1, 0.15) is 41.6 Å². The van der Waals surface area contributed by atoms with Crippen molar-refractivity contribution in [3.63, 3.8) is 0 Å². The molecule has 0 bridgehead atoms. The number of nitrogens with zero attached hydrogens (tertiary/aromatic N) is 3. The van der Waals surface area contributed by atoms with Crippen molar-refractivity contribution in [3.05, 3.63) is 84.3 Å². The number of amides is 1. The van der Waals surface area contributed by atoms with Crippen molar-refractivity contribution in [1.29, 1.82) is 0 Å². The Hall–Kier alpha value is -4.23. The van der Waals surface area contributed by atoms with E-state index in [1.165, 1.54) is 0 Å². The predicted molar refractivity (Wildman–Crippen MR) is 149 cm³/mol. The minimum atomic E-state index is -0.462. The van der Waals surface area contributed by atoms with Gasteiger partial charge in [-0.1, -0.05) is 31.0 Å². The molecule has 3 aromatic heterocycles. The molecule has 37 heavy (non-hydrogen) atoms. The summed E-state index contributed by atoms with van der Waals surface area (Å²) in [5.41, 5.74) is 19.2. The van der Waals surface area contributed by atoms with Crippen LogP contribution in [-0.4, -0.2) is 32.5 Å². The summed E-state index contributed by atoms with van der Waals surface area (Å²) < 4.78 is 2.07. The van der Waals surface area contributed by atoms with E-state index in [1.54, 1.807) is 6.07 Å². The summed E-state index contributed by atoms with van der Waals surface area (Å²) in [5.74, 6) is -0.462. The molecular formula is C30H30N6O. The van der Waals surface area contributed by atoms with E-state index in [0.29, 0.717) is 11.3 Å². The number of anilines is 1. The fraction of sp³-hybridized carbons (Fsp3) is 0.233. The normalized spacial score (nSPS) is 17.8. The monoisotopic (exact) mass is 490 g/mol. The van der Waals surface area contributed by atoms with Crippen molar-refractivity contribution in [2.45, 2.75) is 44.7 Å². The van der Waals surface area contributed by atoms with Crippen LogP contribution < -0.4 is 16.8 Å². The molecule has 1 amide bonds. The van der Waals surface area contributed by atoms with Crippen LogP contribution in [-0.2, 0) is 0 Å². The van der Waals surface area contributed by atoms with Gasteiger partial charge in [0, 0.05) is 58.4 Å². The number of hydrogen-bond acceptors (Lipinski definition) is 5. The maximum Gasteiger partial charge on any atom is 0.250 e. The number of benzene rings is 2. The van der Waals surface area contributed by atoms with Gasteiger partial charge in [-0.15, -0.1) is 0 Å². The lowest BCUT2D eigenvalue weighted by atomic mass is 9.90. The van der Waals surface area contributed by atoms with Crippen molar-refractivity contribution >= 4 is 33.5 Å². The Morgan fingerprint density at radius 1 is 1.05 bits per heavy atom. The Balaban J connectivity index is 1.45. The maximum absolute atomic E-state index is 12.2. The number of nitrogens with two attached hydrogens (primary N) is 2. The molecular weight excluding hydrogens is 460 g/mol. The van der Waals surface area contributed by atoms with Gasteiger partial charge in [-0.2, -0.15) is 0 Å². The highest BCUT2D eigenvalue weighted by atomic mass is 16.1. The van der Waals surface area contributed by atoms with Crippen molar-refractivity contribution in [2.24, 2.45) is 11.5 Å². The average Bonchev–Trinajstić information content (AvgIpc) is 3.26. The zero-order valence-corrected chi connectivity index (χ0v) is 20.8. The van der Waals surface area contributed by atoms with Crippen LogP contribution in [0.3, 0.4) is 0 Å². The number of aromatic nitrogens is 3. The highest BCUT2D eigenvalue weighted by molar-refractivity contribution is 6.00. The molecule has 0 saturated heterocycles. The molecule has 0 unspecified atom stereocenters. The summed E-state index contributed by atoms with van der Waals surface area (Å²) in [5, 5.41) is 5.70. The summed E-state index contributed by atoms with van der Waals surface area (Å²) in [6.45, 7) is 2.09. The number of pyridine rings is 2. The first-order valence-electron chi connectivity index (χ1n) is 12.8. The van der Waals surface area contributed by atoms with E-state index in [1.807, 2.05) is 48.8 Å². The third kappa shape index (κ3) is 4.21. The highest BCUT2D eigenvalue weighted by Gasteiger charge is 2.24. The number of para-hydroxylation sites is 1. The third-order valence-electron chi connectivity index (χ3n) is 7.48. The second-order valence-electron chi connectivity index (χ2n) is 9.95. The van der Waals surface area contributed by atoms with E-state index in [-0.39, 0.29) is 12.1 Å². The summed E-state index contributed by atoms with van der Waals surface area (Å²) in [4.78, 5) is 21.7. The van der Waals surface area contributed by atoms with E-state index in [4.69, 9.17) is 16.5 Å². The zero-order valence-electron chi connectivity index (χ0n) is 20.8. The van der Waals surface area contributed by atoms with Crippen LogP contribution in [0.2, 0.25) is 0 Å². The van der Waals surface area contributed by atoms with Gasteiger partial charge in [0.05, 0.1) is 11.1 Å². The number of hydrogen-bond donors (Lipinski definition) is 3. The van der Waals surface area contributed by atoms with Gasteiger partial charge in [0.15, 0.2) is 0 Å². The number of rotatable bonds is 5. The van der Waals surface area contributed by atoms with Gasteiger partial charge in [-0.05, 0) is 67.3 Å². The highest BCUT2D eigenvalue weighted by Crippen LogP contribution is 2.34. The topological polar surface area (TPSA) is 112 Å². The molecule has 1 saturated carbocycles. The van der Waals surface area contributed by atoms with Crippen molar-refractivity contribution in [2.75, 3.05) is 5.32 Å². The molecule has 5 N–H and O–H groups in total. The molecule has 2 atom stereocenters. The predicted octanol–water partition coefficient (Wildman–Crippen LogP) is 5.33. The van der Waals surface area contributed by atoms with E-state index in [2.05, 4.69) is 40.1 Å². The molecule has 6 rings (SSSR count). The molecule has 3 heterocycles. The lowest BCUT2D eigenvalue weighted by Gasteiger charge is -2.31. The SMILES string of the molecule is Cc1cn(-c2ccc(C(N)=O)c(N[C@@H]3CCCC[C@H]3N)c2)c2nccc(-c3cnc4ccccc4c3)c12. The quantitative estimate of drug-likeness (QED) is 0.308. The Morgan fingerprint density at radius 3 is 2.73 bits per heavy atom. The fourth-order valence-corrected chi connectivity index (χ4v) is 5.55. The molecule has 186 valence electrons. The Labute approximate surface area is 215 Å². The smallest absolute Gasteiger partial charge is 0.250 e. The maximum atomic E-state index is 12.2. The fourth-order valence-electron chi connectivity index (χ4n) is 5.55. The average molecular weight is 491 g/mol. The zero-order chi connectivity index (χ0) is 25.5. The van der Waals surface area contributed by atoms with Crippen molar-refractivity contribution in [3.8, 4) is 16.8 Å². The first kappa shape index (κ1) is 23.2. The van der Waals surface area contributed by atoms with Gasteiger partial charge in [0.1, 0.15) is 5.65 Å². The van der Waals surface area contributed by atoms with E-state index in [0.717, 1.165) is 70.0 Å². The van der Waals surface area contributed by atoms with Gasteiger partial charge in [-0.25, -0.2) is 4.98 Å². The molecule has 1 aliphatic rings. The Morgan fingerprint density at radius 2 is 1.89 bits per heavy atom. The van der Waals surface area contributed by atoms with Crippen LogP contribution in [0.5, 0.6) is 0 Å². The number of aryl methyl sites for hydroxylation is 1. The minimum Gasteiger partial charge on any atom is -0.380 e. The van der Waals surface area contributed by atoms with Crippen molar-refractivity contribution < 1.29 is 4.79 Å². The lowest BCUT2D eigenvalue weighted by Crippen LogP contribution is -2.43. The molecule has 1 aliphatic carbocycles. The molecule has 0 radical (unpaired) electrons. The summed E-state index contributed by atoms with van der Waals surface area (Å²) in [7, 11) is 0. The summed E-state index contributed by atoms with van der Waals surface area (Å²) in [6, 6.07) is 18.2. The molecule has 2 aromatic carbocycles. The second-order valence-corrected chi connectivity index (χ2v) is 9.95. The van der Waals surface area contributed by atoms with Gasteiger partial charge in [0.2, 0.25) is 0 Å². The molecule has 7 heteroatoms. The van der Waals surface area contributed by atoms with E-state index < -0.39 is 5.91 Å². The number of fused-ring (bicyclic) bond motifs is 2. The number of carbonyl (C=O) groups excluding carboxylic acids is 1. The molecule has 1 fully saturated rings. The molecule has 5 aromatic rings. The standard InChI is InChI=1S/C30H30N6O/c1-18-17-36(21-10-11-23(29(32)37)27(15-21)35-26-9-5-3-7-24(26)31)30-28(18)22(12-13-33-30)20-14-19-6-2-4-8-25(19)34-16-20/h2,4,6,8,10-17,24,26,35H,3,5,7,9,31H2,1H3,(H2,32,37)/t24-,26-/m1/s1. The Bertz CT molecular complexity index is 1640. The van der Waals surface area contributed by atoms with E-state index >= 15 is 0 Å². The first-order valence-corrected chi connectivity index (χ1v) is 12.8. The molecule has 7 nitrogen and oxygen atoms in total. The lowest BCUT2D eigenvalue weighted by molar-refractivity contribution is 0.100. The number of nitrogens with one attached hydrogen (secondary N) is 1. The number of carbonyl (C=O) groups is 1. The van der Waals surface area contributed by atoms with Crippen LogP contribution in [0.25, 0.3) is 38.8 Å².